The van der Waals surface area contributed by atoms with Crippen LogP contribution in [0.4, 0.5) is 13.2 Å². The molecule has 2 aliphatic heterocycles. The largest absolute Gasteiger partial charge is 0.405 e. The maximum Gasteiger partial charge on any atom is 0.405 e. The highest BCUT2D eigenvalue weighted by molar-refractivity contribution is 6.09. The van der Waals surface area contributed by atoms with Gasteiger partial charge >= 0.3 is 6.18 Å². The third kappa shape index (κ3) is 5.02. The topological polar surface area (TPSA) is 86.2 Å². The van der Waals surface area contributed by atoms with Gasteiger partial charge in [-0.05, 0) is 41.6 Å². The van der Waals surface area contributed by atoms with Crippen LogP contribution in [0.5, 0.6) is 0 Å². The maximum atomic E-state index is 13.5. The zero-order valence-corrected chi connectivity index (χ0v) is 20.2. The molecule has 0 atom stereocenters. The average molecular weight is 512 g/mol. The van der Waals surface area contributed by atoms with Crippen molar-refractivity contribution in [2.75, 3.05) is 26.2 Å². The molecule has 194 valence electrons. The first-order valence-electron chi connectivity index (χ1n) is 12.4. The summed E-state index contributed by atoms with van der Waals surface area (Å²) in [4.78, 5) is 27.9. The number of likely N-dealkylation sites (tertiary alicyclic amines) is 1. The maximum absolute atomic E-state index is 13.5. The molecule has 1 aliphatic carbocycles. The number of carbonyl (C=O) groups is 2. The van der Waals surface area contributed by atoms with E-state index in [0.717, 1.165) is 48.3 Å². The average Bonchev–Trinajstić information content (AvgIpc) is 3.49. The molecule has 2 heterocycles. The monoisotopic (exact) mass is 511 g/mol. The van der Waals surface area contributed by atoms with E-state index < -0.39 is 30.0 Å². The third-order valence-corrected chi connectivity index (χ3v) is 7.30. The number of fused-ring (bicyclic) bond motifs is 3. The van der Waals surface area contributed by atoms with Gasteiger partial charge in [-0.25, -0.2) is 0 Å². The number of carbonyl (C=O) groups excluding carboxylic acids is 2. The predicted molar refractivity (Wildman–Crippen MR) is 134 cm³/mol. The van der Waals surface area contributed by atoms with Crippen molar-refractivity contribution >= 4 is 24.2 Å². The summed E-state index contributed by atoms with van der Waals surface area (Å²) in [5.74, 6) is -1.14. The van der Waals surface area contributed by atoms with E-state index in [-0.39, 0.29) is 11.9 Å². The Kier molecular flexibility index (Phi) is 6.85. The van der Waals surface area contributed by atoms with Crippen LogP contribution in [0, 0.1) is 5.92 Å². The fourth-order valence-corrected chi connectivity index (χ4v) is 5.55. The van der Waals surface area contributed by atoms with Crippen molar-refractivity contribution in [3.05, 3.63) is 59.7 Å². The normalized spacial score (nSPS) is 18.4. The zero-order valence-electron chi connectivity index (χ0n) is 20.2. The van der Waals surface area contributed by atoms with Gasteiger partial charge in [0.1, 0.15) is 17.9 Å². The standard InChI is InChI=1S/C27H28F3N5O2/c28-27(29,30)17-31-25(37)26(22-9-3-1-7-20(22)21-8-2-4-10-23(21)26)11-5-6-12-35-15-19(16-35)34-24(36)18-13-32-33-14-18/h1-4,7-10,13-14,18-19H,5-6,11-12,15-17H2,(H,31,37)(H,34,36). The summed E-state index contributed by atoms with van der Waals surface area (Å²) in [6.07, 6.45) is 0.359. The van der Waals surface area contributed by atoms with Crippen LogP contribution in [0.25, 0.3) is 11.1 Å². The number of alkyl halides is 3. The van der Waals surface area contributed by atoms with Crippen LogP contribution in [0.3, 0.4) is 0 Å². The second-order valence-corrected chi connectivity index (χ2v) is 9.77. The van der Waals surface area contributed by atoms with Gasteiger partial charge in [0.25, 0.3) is 0 Å². The van der Waals surface area contributed by atoms with Crippen LogP contribution in [-0.2, 0) is 15.0 Å². The van der Waals surface area contributed by atoms with Crippen molar-refractivity contribution < 1.29 is 22.8 Å². The van der Waals surface area contributed by atoms with E-state index in [1.54, 1.807) is 0 Å². The molecule has 1 saturated heterocycles. The summed E-state index contributed by atoms with van der Waals surface area (Å²) >= 11 is 0. The molecule has 2 amide bonds. The van der Waals surface area contributed by atoms with Crippen molar-refractivity contribution in [2.45, 2.75) is 36.9 Å². The molecule has 2 aromatic rings. The molecule has 2 aromatic carbocycles. The SMILES string of the molecule is O=C(NC1CN(CCCCC2(C(=O)NCC(F)(F)F)c3ccccc3-c3ccccc32)C1)C1C=NN=C1. The molecule has 0 saturated carbocycles. The lowest BCUT2D eigenvalue weighted by molar-refractivity contribution is -0.141. The van der Waals surface area contributed by atoms with Crippen molar-refractivity contribution in [3.63, 3.8) is 0 Å². The molecule has 5 rings (SSSR count). The fraction of sp³-hybridized carbons (Fsp3) is 0.407. The van der Waals surface area contributed by atoms with E-state index in [4.69, 9.17) is 0 Å². The molecule has 37 heavy (non-hydrogen) atoms. The van der Waals surface area contributed by atoms with Crippen LogP contribution >= 0.6 is 0 Å². The Morgan fingerprint density at radius 2 is 1.54 bits per heavy atom. The van der Waals surface area contributed by atoms with Gasteiger partial charge < -0.3 is 10.6 Å². The molecule has 7 nitrogen and oxygen atoms in total. The van der Waals surface area contributed by atoms with Crippen LogP contribution in [0.2, 0.25) is 0 Å². The second-order valence-electron chi connectivity index (χ2n) is 9.77. The number of benzene rings is 2. The van der Waals surface area contributed by atoms with Gasteiger partial charge in [-0.15, -0.1) is 0 Å². The quantitative estimate of drug-likeness (QED) is 0.507. The van der Waals surface area contributed by atoms with Gasteiger partial charge in [-0.2, -0.15) is 23.4 Å². The highest BCUT2D eigenvalue weighted by Crippen LogP contribution is 2.51. The molecule has 0 radical (unpaired) electrons. The van der Waals surface area contributed by atoms with E-state index in [2.05, 4.69) is 25.7 Å². The second kappa shape index (κ2) is 10.1. The van der Waals surface area contributed by atoms with Gasteiger partial charge in [-0.1, -0.05) is 55.0 Å². The predicted octanol–water partition coefficient (Wildman–Crippen LogP) is 3.29. The van der Waals surface area contributed by atoms with Crippen LogP contribution in [0.15, 0.2) is 58.7 Å². The molecule has 10 heteroatoms. The summed E-state index contributed by atoms with van der Waals surface area (Å²) in [7, 11) is 0. The smallest absolute Gasteiger partial charge is 0.350 e. The summed E-state index contributed by atoms with van der Waals surface area (Å²) in [5.41, 5.74) is 2.11. The molecule has 0 spiro atoms. The molecule has 3 aliphatic rings. The lowest BCUT2D eigenvalue weighted by atomic mass is 9.73. The van der Waals surface area contributed by atoms with Crippen LogP contribution in [0.1, 0.15) is 30.4 Å². The van der Waals surface area contributed by atoms with Crippen molar-refractivity contribution in [3.8, 4) is 11.1 Å². The van der Waals surface area contributed by atoms with Crippen molar-refractivity contribution in [2.24, 2.45) is 16.1 Å². The van der Waals surface area contributed by atoms with E-state index in [1.807, 2.05) is 48.5 Å². The van der Waals surface area contributed by atoms with Crippen LogP contribution < -0.4 is 10.6 Å². The number of nitrogens with one attached hydrogen (secondary N) is 2. The molecule has 0 aromatic heterocycles. The lowest BCUT2D eigenvalue weighted by Gasteiger charge is -2.40. The van der Waals surface area contributed by atoms with E-state index in [1.165, 1.54) is 12.4 Å². The third-order valence-electron chi connectivity index (χ3n) is 7.30. The Bertz CT molecular complexity index is 1180. The first-order valence-corrected chi connectivity index (χ1v) is 12.4. The van der Waals surface area contributed by atoms with Gasteiger partial charge in [0.05, 0.1) is 6.04 Å². The molecule has 0 unspecified atom stereocenters. The molecule has 0 bridgehead atoms. The number of amides is 2. The van der Waals surface area contributed by atoms with Gasteiger partial charge in [0, 0.05) is 25.5 Å². The minimum Gasteiger partial charge on any atom is -0.350 e. The highest BCUT2D eigenvalue weighted by atomic mass is 19.4. The Hall–Kier alpha value is -3.53. The fourth-order valence-electron chi connectivity index (χ4n) is 5.55. The number of nitrogens with zero attached hydrogens (tertiary/aromatic N) is 3. The zero-order chi connectivity index (χ0) is 26.0. The van der Waals surface area contributed by atoms with E-state index in [0.29, 0.717) is 12.8 Å². The summed E-state index contributed by atoms with van der Waals surface area (Å²) in [6, 6.07) is 15.0. The molecule has 2 N–H and O–H groups in total. The van der Waals surface area contributed by atoms with Gasteiger partial charge in [0.2, 0.25) is 11.8 Å². The van der Waals surface area contributed by atoms with E-state index in [9.17, 15) is 22.8 Å². The summed E-state index contributed by atoms with van der Waals surface area (Å²) in [6.45, 7) is 0.880. The minimum atomic E-state index is -4.49. The number of hydrogen-bond acceptors (Lipinski definition) is 5. The Morgan fingerprint density at radius 1 is 0.946 bits per heavy atom. The molecular formula is C27H28F3N5O2. The Morgan fingerprint density at radius 3 is 2.14 bits per heavy atom. The number of hydrogen-bond donors (Lipinski definition) is 2. The Balaban J connectivity index is 1.23. The van der Waals surface area contributed by atoms with Crippen LogP contribution in [-0.4, -0.2) is 67.5 Å². The summed E-state index contributed by atoms with van der Waals surface area (Å²) < 4.78 is 39.0. The van der Waals surface area contributed by atoms with Crippen molar-refractivity contribution in [1.29, 1.82) is 0 Å². The number of unbranched alkanes of at least 4 members (excludes halogenated alkanes) is 1. The number of halogens is 3. The summed E-state index contributed by atoms with van der Waals surface area (Å²) in [5, 5.41) is 12.5. The first kappa shape index (κ1) is 25.1. The minimum absolute atomic E-state index is 0.0722. The molecular weight excluding hydrogens is 483 g/mol. The van der Waals surface area contributed by atoms with Crippen molar-refractivity contribution in [1.82, 2.24) is 15.5 Å². The van der Waals surface area contributed by atoms with Gasteiger partial charge in [0.15, 0.2) is 0 Å². The lowest BCUT2D eigenvalue weighted by Crippen LogP contribution is -2.60. The number of rotatable bonds is 9. The molecule has 1 fully saturated rings. The van der Waals surface area contributed by atoms with Gasteiger partial charge in [-0.3, -0.25) is 14.5 Å². The first-order chi connectivity index (χ1) is 17.8. The Labute approximate surface area is 212 Å². The van der Waals surface area contributed by atoms with E-state index >= 15 is 0 Å². The highest BCUT2D eigenvalue weighted by Gasteiger charge is 2.49.